The number of fused-ring (bicyclic) bond motifs is 1. The lowest BCUT2D eigenvalue weighted by Crippen LogP contribution is -2.46. The van der Waals surface area contributed by atoms with Gasteiger partial charge >= 0.3 is 0 Å². The summed E-state index contributed by atoms with van der Waals surface area (Å²) < 4.78 is 25.4. The van der Waals surface area contributed by atoms with E-state index < -0.39 is 0 Å². The van der Waals surface area contributed by atoms with Gasteiger partial charge in [-0.05, 0) is 43.4 Å². The number of hydrogen-bond acceptors (Lipinski definition) is 4. The molecule has 2 aromatic carbocycles. The summed E-state index contributed by atoms with van der Waals surface area (Å²) in [4.78, 5) is 14.8. The first kappa shape index (κ1) is 21.6. The molecule has 6 heteroatoms. The summed E-state index contributed by atoms with van der Waals surface area (Å²) in [7, 11) is 3.30. The zero-order chi connectivity index (χ0) is 21.8. The fourth-order valence-corrected chi connectivity index (χ4v) is 5.07. The molecule has 1 amide bonds. The molecule has 2 saturated heterocycles. The van der Waals surface area contributed by atoms with E-state index in [9.17, 15) is 9.18 Å². The van der Waals surface area contributed by atoms with E-state index in [0.29, 0.717) is 19.4 Å². The molecule has 1 N–H and O–H groups in total. The molecule has 4 rings (SSSR count). The van der Waals surface area contributed by atoms with Gasteiger partial charge in [-0.1, -0.05) is 30.7 Å². The van der Waals surface area contributed by atoms with Crippen LogP contribution in [0.5, 0.6) is 11.5 Å². The maximum atomic E-state index is 14.4. The van der Waals surface area contributed by atoms with Crippen LogP contribution in [0, 0.1) is 5.82 Å². The molecule has 3 atom stereocenters. The lowest BCUT2D eigenvalue weighted by molar-refractivity contribution is -0.122. The molecule has 2 aliphatic rings. The standard InChI is InChI=1S/C25H31FN2O3/c1-30-20-12-11-18(24(15-20)31-2)16-28-19(13-17-7-3-4-8-21(17)26)14-22-23(28)9-5-6-10-25(29)27-22/h3-4,7-8,11-12,15,19,22-23H,5-6,9-10,13-14,16H2,1-2H3,(H,27,29)/t19-,22+,23-/m1/s1. The smallest absolute Gasteiger partial charge is 0.220 e. The summed E-state index contributed by atoms with van der Waals surface area (Å²) in [6, 6.07) is 13.3. The van der Waals surface area contributed by atoms with Gasteiger partial charge in [-0.3, -0.25) is 9.69 Å². The fraction of sp³-hybridized carbons (Fsp3) is 0.480. The van der Waals surface area contributed by atoms with Crippen molar-refractivity contribution in [1.29, 1.82) is 0 Å². The van der Waals surface area contributed by atoms with E-state index in [1.807, 2.05) is 30.3 Å². The van der Waals surface area contributed by atoms with Gasteiger partial charge in [0.05, 0.1) is 14.2 Å². The summed E-state index contributed by atoms with van der Waals surface area (Å²) in [5, 5.41) is 3.25. The van der Waals surface area contributed by atoms with E-state index >= 15 is 0 Å². The lowest BCUT2D eigenvalue weighted by atomic mass is 9.97. The van der Waals surface area contributed by atoms with Gasteiger partial charge in [0, 0.05) is 42.7 Å². The quantitative estimate of drug-likeness (QED) is 0.756. The molecule has 166 valence electrons. The van der Waals surface area contributed by atoms with Crippen molar-refractivity contribution < 1.29 is 18.7 Å². The van der Waals surface area contributed by atoms with Crippen molar-refractivity contribution in [1.82, 2.24) is 10.2 Å². The van der Waals surface area contributed by atoms with Crippen molar-refractivity contribution in [2.24, 2.45) is 0 Å². The van der Waals surface area contributed by atoms with Crippen LogP contribution in [-0.2, 0) is 17.8 Å². The number of nitrogens with zero attached hydrogens (tertiary/aromatic N) is 1. The monoisotopic (exact) mass is 426 g/mol. The summed E-state index contributed by atoms with van der Waals surface area (Å²) in [5.41, 5.74) is 1.79. The Morgan fingerprint density at radius 1 is 1.10 bits per heavy atom. The number of halogens is 1. The minimum atomic E-state index is -0.169. The number of methoxy groups -OCH3 is 2. The van der Waals surface area contributed by atoms with Gasteiger partial charge < -0.3 is 14.8 Å². The molecule has 31 heavy (non-hydrogen) atoms. The van der Waals surface area contributed by atoms with Crippen LogP contribution in [0.4, 0.5) is 4.39 Å². The van der Waals surface area contributed by atoms with E-state index in [1.165, 1.54) is 6.07 Å². The summed E-state index contributed by atoms with van der Waals surface area (Å²) in [6.07, 6.45) is 4.99. The topological polar surface area (TPSA) is 50.8 Å². The second kappa shape index (κ2) is 9.69. The molecule has 2 heterocycles. The summed E-state index contributed by atoms with van der Waals surface area (Å²) >= 11 is 0. The molecule has 0 radical (unpaired) electrons. The molecule has 0 aromatic heterocycles. The molecule has 0 spiro atoms. The molecule has 0 bridgehead atoms. The molecular formula is C25H31FN2O3. The number of hydrogen-bond donors (Lipinski definition) is 1. The van der Waals surface area contributed by atoms with Crippen LogP contribution in [0.2, 0.25) is 0 Å². The predicted octanol–water partition coefficient (Wildman–Crippen LogP) is 4.09. The van der Waals surface area contributed by atoms with Crippen LogP contribution in [0.1, 0.15) is 43.2 Å². The molecule has 2 aliphatic heterocycles. The minimum Gasteiger partial charge on any atom is -0.497 e. The Balaban J connectivity index is 1.64. The van der Waals surface area contributed by atoms with Crippen LogP contribution in [0.15, 0.2) is 42.5 Å². The van der Waals surface area contributed by atoms with E-state index in [0.717, 1.165) is 48.3 Å². The Kier molecular flexibility index (Phi) is 6.76. The molecule has 0 saturated carbocycles. The average molecular weight is 427 g/mol. The van der Waals surface area contributed by atoms with Gasteiger partial charge in [0.2, 0.25) is 5.91 Å². The van der Waals surface area contributed by atoms with Crippen LogP contribution in [-0.4, -0.2) is 43.2 Å². The highest BCUT2D eigenvalue weighted by molar-refractivity contribution is 5.76. The average Bonchev–Trinajstić information content (AvgIpc) is 3.06. The van der Waals surface area contributed by atoms with Crippen LogP contribution in [0.3, 0.4) is 0 Å². The van der Waals surface area contributed by atoms with Crippen LogP contribution >= 0.6 is 0 Å². The van der Waals surface area contributed by atoms with Gasteiger partial charge in [0.15, 0.2) is 0 Å². The molecule has 0 aliphatic carbocycles. The molecule has 2 fully saturated rings. The predicted molar refractivity (Wildman–Crippen MR) is 118 cm³/mol. The highest BCUT2D eigenvalue weighted by Crippen LogP contribution is 2.35. The molecule has 0 unspecified atom stereocenters. The number of rotatable bonds is 6. The first-order valence-electron chi connectivity index (χ1n) is 11.1. The first-order chi connectivity index (χ1) is 15.1. The number of carbonyl (C=O) groups excluding carboxylic acids is 1. The summed E-state index contributed by atoms with van der Waals surface area (Å²) in [5.74, 6) is 1.49. The van der Waals surface area contributed by atoms with Crippen LogP contribution < -0.4 is 14.8 Å². The first-order valence-corrected chi connectivity index (χ1v) is 11.1. The van der Waals surface area contributed by atoms with Gasteiger partial charge in [0.25, 0.3) is 0 Å². The third-order valence-electron chi connectivity index (χ3n) is 6.65. The zero-order valence-electron chi connectivity index (χ0n) is 18.3. The van der Waals surface area contributed by atoms with Crippen molar-refractivity contribution in [2.75, 3.05) is 14.2 Å². The molecule has 5 nitrogen and oxygen atoms in total. The third kappa shape index (κ3) is 4.85. The third-order valence-corrected chi connectivity index (χ3v) is 6.65. The van der Waals surface area contributed by atoms with E-state index in [2.05, 4.69) is 10.2 Å². The van der Waals surface area contributed by atoms with Gasteiger partial charge in [0.1, 0.15) is 17.3 Å². The van der Waals surface area contributed by atoms with E-state index in [-0.39, 0.29) is 29.8 Å². The van der Waals surface area contributed by atoms with Gasteiger partial charge in [-0.2, -0.15) is 0 Å². The fourth-order valence-electron chi connectivity index (χ4n) is 5.07. The number of carbonyl (C=O) groups is 1. The second-order valence-electron chi connectivity index (χ2n) is 8.52. The van der Waals surface area contributed by atoms with Crippen LogP contribution in [0.25, 0.3) is 0 Å². The molecule has 2 aromatic rings. The van der Waals surface area contributed by atoms with Crippen molar-refractivity contribution >= 4 is 5.91 Å². The maximum absolute atomic E-state index is 14.4. The second-order valence-corrected chi connectivity index (χ2v) is 8.52. The van der Waals surface area contributed by atoms with E-state index in [1.54, 1.807) is 20.3 Å². The van der Waals surface area contributed by atoms with Crippen molar-refractivity contribution in [3.63, 3.8) is 0 Å². The lowest BCUT2D eigenvalue weighted by Gasteiger charge is -2.33. The zero-order valence-corrected chi connectivity index (χ0v) is 18.3. The Morgan fingerprint density at radius 3 is 2.71 bits per heavy atom. The Hall–Kier alpha value is -2.60. The van der Waals surface area contributed by atoms with Gasteiger partial charge in [-0.25, -0.2) is 4.39 Å². The number of ether oxygens (including phenoxy) is 2. The van der Waals surface area contributed by atoms with Crippen molar-refractivity contribution in [3.05, 3.63) is 59.4 Å². The normalized spacial score (nSPS) is 24.1. The largest absolute Gasteiger partial charge is 0.497 e. The highest BCUT2D eigenvalue weighted by atomic mass is 19.1. The SMILES string of the molecule is COc1ccc(CN2[C@H](Cc3ccccc3F)C[C@@H]3NC(=O)CCCC[C@H]32)c(OC)c1. The number of nitrogens with one attached hydrogen (secondary N) is 1. The minimum absolute atomic E-state index is 0.0915. The van der Waals surface area contributed by atoms with Crippen molar-refractivity contribution in [2.45, 2.75) is 63.2 Å². The number of amides is 1. The number of likely N-dealkylation sites (tertiary alicyclic amines) is 1. The summed E-state index contributed by atoms with van der Waals surface area (Å²) in [6.45, 7) is 0.684. The van der Waals surface area contributed by atoms with Crippen molar-refractivity contribution in [3.8, 4) is 11.5 Å². The Morgan fingerprint density at radius 2 is 1.94 bits per heavy atom. The highest BCUT2D eigenvalue weighted by Gasteiger charge is 2.42. The Bertz CT molecular complexity index is 919. The van der Waals surface area contributed by atoms with Gasteiger partial charge in [-0.15, -0.1) is 0 Å². The number of benzene rings is 2. The van der Waals surface area contributed by atoms with E-state index in [4.69, 9.17) is 9.47 Å². The maximum Gasteiger partial charge on any atom is 0.220 e. The Labute approximate surface area is 183 Å². The molecular weight excluding hydrogens is 395 g/mol.